The summed E-state index contributed by atoms with van der Waals surface area (Å²) in [6.45, 7) is 11.8. The van der Waals surface area contributed by atoms with E-state index in [9.17, 15) is 0 Å². The molecule has 1 nitrogen and oxygen atoms in total. The number of rotatable bonds is 2. The maximum absolute atomic E-state index is 6.08. The van der Waals surface area contributed by atoms with Crippen molar-refractivity contribution in [2.24, 2.45) is 0 Å². The van der Waals surface area contributed by atoms with Crippen LogP contribution in [0.1, 0.15) is 27.2 Å². The van der Waals surface area contributed by atoms with Crippen LogP contribution in [0.25, 0.3) is 0 Å². The molecule has 68 valence electrons. The molecule has 0 saturated heterocycles. The second-order valence-corrected chi connectivity index (χ2v) is 8.04. The number of hydrogen-bond donors (Lipinski definition) is 0. The van der Waals surface area contributed by atoms with Gasteiger partial charge in [-0.25, -0.2) is 0 Å². The van der Waals surface area contributed by atoms with E-state index in [4.69, 9.17) is 4.34 Å². The summed E-state index contributed by atoms with van der Waals surface area (Å²) in [5, 5.41) is 1.58. The van der Waals surface area contributed by atoms with Crippen LogP contribution in [0.4, 0.5) is 0 Å². The average molecular weight is 182 g/mol. The first-order valence-corrected chi connectivity index (χ1v) is 7.81. The highest BCUT2D eigenvalue weighted by molar-refractivity contribution is 6.90. The van der Waals surface area contributed by atoms with Gasteiger partial charge in [0.25, 0.3) is 0 Å². The molecule has 0 amide bonds. The van der Waals surface area contributed by atoms with Crippen LogP contribution in [0.3, 0.4) is 0 Å². The summed E-state index contributed by atoms with van der Waals surface area (Å²) in [6.07, 6.45) is 2.30. The molecular weight excluding hydrogens is 163 g/mol. The van der Waals surface area contributed by atoms with Gasteiger partial charge in [0.1, 0.15) is 0 Å². The third-order valence-corrected chi connectivity index (χ3v) is 5.96. The second-order valence-electron chi connectivity index (χ2n) is 4.03. The maximum Gasteiger partial charge on any atom is 0.311 e. The van der Waals surface area contributed by atoms with Crippen LogP contribution in [0.15, 0.2) is 10.7 Å². The van der Waals surface area contributed by atoms with Crippen molar-refractivity contribution in [1.29, 1.82) is 0 Å². The third-order valence-electron chi connectivity index (χ3n) is 2.96. The van der Waals surface area contributed by atoms with E-state index in [0.717, 1.165) is 6.32 Å². The predicted molar refractivity (Wildman–Crippen MR) is 57.8 cm³/mol. The first-order chi connectivity index (χ1) is 5.53. The lowest BCUT2D eigenvalue weighted by molar-refractivity contribution is 0.590. The zero-order valence-electron chi connectivity index (χ0n) is 8.90. The van der Waals surface area contributed by atoms with Crippen LogP contribution in [0.2, 0.25) is 19.4 Å². The van der Waals surface area contributed by atoms with Gasteiger partial charge in [0.05, 0.1) is 0 Å². The van der Waals surface area contributed by atoms with Gasteiger partial charge in [-0.15, -0.1) is 0 Å². The highest BCUT2D eigenvalue weighted by atomic mass is 28.4. The summed E-state index contributed by atoms with van der Waals surface area (Å²) < 4.78 is 6.08. The molecule has 0 spiro atoms. The molecule has 0 aromatic rings. The Hall–Kier alpha value is -0.0182. The molecule has 0 atom stereocenters. The van der Waals surface area contributed by atoms with Gasteiger partial charge < -0.3 is 4.34 Å². The molecule has 0 fully saturated rings. The van der Waals surface area contributed by atoms with Gasteiger partial charge in [-0.2, -0.15) is 0 Å². The molecule has 1 aliphatic rings. The lowest BCUT2D eigenvalue weighted by Gasteiger charge is -2.18. The summed E-state index contributed by atoms with van der Waals surface area (Å²) in [7, 11) is -1.43. The van der Waals surface area contributed by atoms with Gasteiger partial charge >= 0.3 is 6.92 Å². The third kappa shape index (κ3) is 1.52. The Kier molecular flexibility index (Phi) is 2.84. The zero-order chi connectivity index (χ0) is 9.35. The van der Waals surface area contributed by atoms with Gasteiger partial charge in [-0.1, -0.05) is 24.5 Å². The fraction of sp³-hybridized carbons (Fsp3) is 0.778. The molecule has 0 aromatic heterocycles. The fourth-order valence-corrected chi connectivity index (χ4v) is 4.27. The lowest BCUT2D eigenvalue weighted by Crippen LogP contribution is -2.31. The van der Waals surface area contributed by atoms with Crippen molar-refractivity contribution < 1.29 is 4.34 Å². The predicted octanol–water partition coefficient (Wildman–Crippen LogP) is 3.04. The van der Waals surface area contributed by atoms with Gasteiger partial charge in [0.15, 0.2) is 8.32 Å². The molecule has 3 heteroatoms. The highest BCUT2D eigenvalue weighted by Gasteiger charge is 2.39. The summed E-state index contributed by atoms with van der Waals surface area (Å²) in [4.78, 5) is 0. The van der Waals surface area contributed by atoms with Crippen molar-refractivity contribution in [2.45, 2.75) is 46.6 Å². The minimum absolute atomic E-state index is 0.441. The Balaban J connectivity index is 2.93. The Morgan fingerprint density at radius 3 is 2.25 bits per heavy atom. The van der Waals surface area contributed by atoms with Crippen molar-refractivity contribution in [1.82, 2.24) is 0 Å². The Bertz CT molecular complexity index is 211. The van der Waals surface area contributed by atoms with E-state index >= 15 is 0 Å². The molecule has 0 N–H and O–H groups in total. The minimum Gasteiger partial charge on any atom is -0.470 e. The van der Waals surface area contributed by atoms with Gasteiger partial charge in [0, 0.05) is 0 Å². The molecule has 0 radical (unpaired) electrons. The molecule has 12 heavy (non-hydrogen) atoms. The summed E-state index contributed by atoms with van der Waals surface area (Å²) >= 11 is 0. The van der Waals surface area contributed by atoms with Gasteiger partial charge in [0.2, 0.25) is 0 Å². The maximum atomic E-state index is 6.08. The Morgan fingerprint density at radius 2 is 1.92 bits per heavy atom. The van der Waals surface area contributed by atoms with Crippen molar-refractivity contribution in [2.75, 3.05) is 0 Å². The standard InChI is InChI=1S/C9H19BOSi/c1-6-9-8(3)12(4,5)11-10(9)7-2/h6-7H2,1-5H3. The van der Waals surface area contributed by atoms with Crippen molar-refractivity contribution in [3.05, 3.63) is 10.7 Å². The zero-order valence-corrected chi connectivity index (χ0v) is 9.90. The first kappa shape index (κ1) is 10.1. The normalized spacial score (nSPS) is 22.2. The van der Waals surface area contributed by atoms with Crippen LogP contribution in [0.5, 0.6) is 0 Å². The Labute approximate surface area is 77.4 Å². The van der Waals surface area contributed by atoms with E-state index in [1.54, 1.807) is 10.7 Å². The van der Waals surface area contributed by atoms with Crippen LogP contribution in [-0.4, -0.2) is 15.2 Å². The van der Waals surface area contributed by atoms with Crippen molar-refractivity contribution in [3.8, 4) is 0 Å². The van der Waals surface area contributed by atoms with E-state index in [1.165, 1.54) is 6.42 Å². The van der Waals surface area contributed by atoms with E-state index in [0.29, 0.717) is 6.92 Å². The van der Waals surface area contributed by atoms with Crippen molar-refractivity contribution in [3.63, 3.8) is 0 Å². The number of hydrogen-bond acceptors (Lipinski definition) is 1. The molecule has 0 aromatic carbocycles. The monoisotopic (exact) mass is 182 g/mol. The Morgan fingerprint density at radius 1 is 1.33 bits per heavy atom. The second kappa shape index (κ2) is 3.38. The molecule has 0 bridgehead atoms. The highest BCUT2D eigenvalue weighted by Crippen LogP contribution is 2.33. The molecule has 0 saturated carbocycles. The van der Waals surface area contributed by atoms with E-state index in [2.05, 4.69) is 33.9 Å². The average Bonchev–Trinajstić information content (AvgIpc) is 2.24. The van der Waals surface area contributed by atoms with Crippen LogP contribution in [-0.2, 0) is 4.34 Å². The molecule has 1 aliphatic heterocycles. The summed E-state index contributed by atoms with van der Waals surface area (Å²) in [6, 6.07) is 0. The first-order valence-electron chi connectivity index (χ1n) is 4.90. The molecule has 0 aliphatic carbocycles. The van der Waals surface area contributed by atoms with Crippen LogP contribution >= 0.6 is 0 Å². The molecule has 1 heterocycles. The minimum atomic E-state index is -1.43. The summed E-state index contributed by atoms with van der Waals surface area (Å²) in [5.41, 5.74) is 1.58. The smallest absolute Gasteiger partial charge is 0.311 e. The molecule has 0 unspecified atom stereocenters. The fourth-order valence-electron chi connectivity index (χ4n) is 1.97. The van der Waals surface area contributed by atoms with Gasteiger partial charge in [-0.05, 0) is 32.8 Å². The van der Waals surface area contributed by atoms with E-state index in [1.807, 2.05) is 0 Å². The quantitative estimate of drug-likeness (QED) is 0.596. The van der Waals surface area contributed by atoms with Gasteiger partial charge in [-0.3, -0.25) is 0 Å². The molecule has 1 rings (SSSR count). The van der Waals surface area contributed by atoms with E-state index < -0.39 is 8.32 Å². The van der Waals surface area contributed by atoms with Crippen LogP contribution < -0.4 is 0 Å². The van der Waals surface area contributed by atoms with Crippen molar-refractivity contribution >= 4 is 15.2 Å². The molecular formula is C9H19BOSi. The largest absolute Gasteiger partial charge is 0.470 e. The lowest BCUT2D eigenvalue weighted by atomic mass is 9.57. The topological polar surface area (TPSA) is 9.23 Å². The van der Waals surface area contributed by atoms with E-state index in [-0.39, 0.29) is 0 Å². The SMILES string of the molecule is CCB1O[Si](C)(C)C(C)=C1CC. The summed E-state index contributed by atoms with van der Waals surface area (Å²) in [5.74, 6) is 0. The number of allylic oxidation sites excluding steroid dienone is 2. The van der Waals surface area contributed by atoms with Crippen LogP contribution in [0, 0.1) is 0 Å².